The molecule has 0 aliphatic heterocycles. The Morgan fingerprint density at radius 2 is 1.17 bits per heavy atom. The van der Waals surface area contributed by atoms with E-state index >= 15 is 0 Å². The number of amides is 2. The summed E-state index contributed by atoms with van der Waals surface area (Å²) in [6, 6.07) is 16.5. The Balaban J connectivity index is 2.15. The first-order valence-corrected chi connectivity index (χ1v) is 14.8. The number of aromatic carboxylic acids is 2. The van der Waals surface area contributed by atoms with Crippen LogP contribution in [-0.4, -0.2) is 45.9 Å². The van der Waals surface area contributed by atoms with E-state index in [9.17, 15) is 39.0 Å². The van der Waals surface area contributed by atoms with Gasteiger partial charge in [0.05, 0.1) is 33.3 Å². The molecule has 4 N–H and O–H groups in total. The Bertz CT molecular complexity index is 1760. The molecule has 0 radical (unpaired) electrons. The van der Waals surface area contributed by atoms with E-state index in [1.54, 1.807) is 71.9 Å². The summed E-state index contributed by atoms with van der Waals surface area (Å²) in [4.78, 5) is 77.1. The summed E-state index contributed by atoms with van der Waals surface area (Å²) in [7, 11) is 0. The third-order valence-corrected chi connectivity index (χ3v) is 6.82. The molecule has 3 aromatic carbocycles. The molecule has 0 heterocycles. The molecular weight excluding hydrogens is 620 g/mol. The van der Waals surface area contributed by atoms with Gasteiger partial charge < -0.3 is 30.3 Å². The molecule has 0 saturated heterocycles. The molecule has 252 valence electrons. The Hall–Kier alpha value is -5.78. The average Bonchev–Trinajstić information content (AvgIpc) is 3.01. The van der Waals surface area contributed by atoms with Crippen molar-refractivity contribution in [3.05, 3.63) is 100 Å². The minimum absolute atomic E-state index is 0.0262. The van der Waals surface area contributed by atoms with Gasteiger partial charge in [-0.1, -0.05) is 48.5 Å². The predicted molar refractivity (Wildman–Crippen MR) is 177 cm³/mol. The lowest BCUT2D eigenvalue weighted by Crippen LogP contribution is -2.28. The molecule has 0 aromatic heterocycles. The van der Waals surface area contributed by atoms with E-state index in [1.807, 2.05) is 0 Å². The van der Waals surface area contributed by atoms with Crippen LogP contribution in [0.4, 0.5) is 11.4 Å². The summed E-state index contributed by atoms with van der Waals surface area (Å²) in [6.45, 7) is 8.98. The summed E-state index contributed by atoms with van der Waals surface area (Å²) in [5, 5.41) is 24.6. The van der Waals surface area contributed by atoms with E-state index in [0.29, 0.717) is 5.56 Å². The van der Waals surface area contributed by atoms with E-state index < -0.39 is 64.3 Å². The minimum atomic E-state index is -1.44. The van der Waals surface area contributed by atoms with Gasteiger partial charge in [0.15, 0.2) is 0 Å². The molecule has 0 atom stereocenters. The third kappa shape index (κ3) is 9.61. The van der Waals surface area contributed by atoms with E-state index in [2.05, 4.69) is 10.6 Å². The second kappa shape index (κ2) is 15.2. The number of carbonyl (C=O) groups excluding carboxylic acids is 4. The monoisotopic (exact) mass is 658 g/mol. The SMILES string of the molecule is CC(C)(C)C(=O)OCc1ccc(C(=O)O)c(NC(=O)C(=Cc2ccccc2)C(=O)Nc2ccccc2C(=O)O)c1COC(=O)C(C)(C)C. The van der Waals surface area contributed by atoms with E-state index in [1.165, 1.54) is 42.5 Å². The summed E-state index contributed by atoms with van der Waals surface area (Å²) in [5.41, 5.74) is -2.58. The van der Waals surface area contributed by atoms with Crippen molar-refractivity contribution in [2.45, 2.75) is 54.8 Å². The number of nitrogens with one attached hydrogen (secondary N) is 2. The molecule has 0 aliphatic carbocycles. The van der Waals surface area contributed by atoms with Gasteiger partial charge in [-0.15, -0.1) is 0 Å². The van der Waals surface area contributed by atoms with Crippen LogP contribution < -0.4 is 10.6 Å². The fourth-order valence-corrected chi connectivity index (χ4v) is 4.13. The molecule has 3 aromatic rings. The zero-order valence-electron chi connectivity index (χ0n) is 27.5. The van der Waals surface area contributed by atoms with Crippen molar-refractivity contribution < 1.29 is 48.5 Å². The van der Waals surface area contributed by atoms with Crippen LogP contribution in [0, 0.1) is 10.8 Å². The zero-order valence-corrected chi connectivity index (χ0v) is 27.5. The van der Waals surface area contributed by atoms with Crippen molar-refractivity contribution in [3.63, 3.8) is 0 Å². The van der Waals surface area contributed by atoms with Crippen molar-refractivity contribution >= 4 is 53.1 Å². The summed E-state index contributed by atoms with van der Waals surface area (Å²) >= 11 is 0. The maximum Gasteiger partial charge on any atom is 0.337 e. The molecule has 0 unspecified atom stereocenters. The van der Waals surface area contributed by atoms with E-state index in [-0.39, 0.29) is 34.7 Å². The van der Waals surface area contributed by atoms with E-state index in [4.69, 9.17) is 9.47 Å². The highest BCUT2D eigenvalue weighted by Gasteiger charge is 2.29. The van der Waals surface area contributed by atoms with Gasteiger partial charge in [-0.05, 0) is 76.9 Å². The number of carboxylic acid groups (broad SMARTS) is 2. The van der Waals surface area contributed by atoms with Crippen molar-refractivity contribution in [1.82, 2.24) is 0 Å². The summed E-state index contributed by atoms with van der Waals surface area (Å²) in [5.74, 6) is -5.98. The van der Waals surface area contributed by atoms with Gasteiger partial charge >= 0.3 is 23.9 Å². The van der Waals surface area contributed by atoms with Gasteiger partial charge in [-0.2, -0.15) is 0 Å². The second-order valence-electron chi connectivity index (χ2n) is 12.8. The normalized spacial score (nSPS) is 11.7. The van der Waals surface area contributed by atoms with Gasteiger partial charge in [0.1, 0.15) is 18.8 Å². The van der Waals surface area contributed by atoms with Gasteiger partial charge in [0, 0.05) is 5.56 Å². The molecule has 48 heavy (non-hydrogen) atoms. The topological polar surface area (TPSA) is 185 Å². The number of hydrogen-bond donors (Lipinski definition) is 4. The number of carboxylic acids is 2. The first-order valence-electron chi connectivity index (χ1n) is 14.8. The Labute approximate surface area is 277 Å². The first-order chi connectivity index (χ1) is 22.4. The van der Waals surface area contributed by atoms with Gasteiger partial charge in [-0.25, -0.2) is 9.59 Å². The smallest absolute Gasteiger partial charge is 0.337 e. The molecule has 0 fully saturated rings. The number of para-hydroxylation sites is 1. The number of anilines is 2. The van der Waals surface area contributed by atoms with Crippen molar-refractivity contribution in [1.29, 1.82) is 0 Å². The van der Waals surface area contributed by atoms with Gasteiger partial charge in [0.2, 0.25) is 0 Å². The number of ether oxygens (including phenoxy) is 2. The van der Waals surface area contributed by atoms with Crippen LogP contribution >= 0.6 is 0 Å². The molecule has 0 aliphatic rings. The van der Waals surface area contributed by atoms with Gasteiger partial charge in [-0.3, -0.25) is 19.2 Å². The average molecular weight is 659 g/mol. The highest BCUT2D eigenvalue weighted by molar-refractivity contribution is 6.29. The van der Waals surface area contributed by atoms with Crippen molar-refractivity contribution in [2.24, 2.45) is 10.8 Å². The van der Waals surface area contributed by atoms with Crippen LogP contribution in [0.2, 0.25) is 0 Å². The maximum atomic E-state index is 14.0. The molecule has 0 spiro atoms. The van der Waals surface area contributed by atoms with Gasteiger partial charge in [0.25, 0.3) is 11.8 Å². The van der Waals surface area contributed by atoms with Crippen LogP contribution in [0.3, 0.4) is 0 Å². The van der Waals surface area contributed by atoms with Crippen LogP contribution in [-0.2, 0) is 41.9 Å². The van der Waals surface area contributed by atoms with Crippen LogP contribution in [0.15, 0.2) is 72.3 Å². The Morgan fingerprint density at radius 3 is 1.73 bits per heavy atom. The second-order valence-corrected chi connectivity index (χ2v) is 12.8. The number of hydrogen-bond acceptors (Lipinski definition) is 8. The largest absolute Gasteiger partial charge is 0.478 e. The molecule has 12 heteroatoms. The number of benzene rings is 3. The lowest BCUT2D eigenvalue weighted by molar-refractivity contribution is -0.155. The molecule has 3 rings (SSSR count). The Kier molecular flexibility index (Phi) is 11.6. The summed E-state index contributed by atoms with van der Waals surface area (Å²) in [6.07, 6.45) is 1.25. The summed E-state index contributed by atoms with van der Waals surface area (Å²) < 4.78 is 11.0. The quantitative estimate of drug-likeness (QED) is 0.0834. The highest BCUT2D eigenvalue weighted by Crippen LogP contribution is 2.30. The number of rotatable bonds is 11. The van der Waals surface area contributed by atoms with Crippen LogP contribution in [0.5, 0.6) is 0 Å². The predicted octanol–water partition coefficient (Wildman–Crippen LogP) is 5.92. The minimum Gasteiger partial charge on any atom is -0.478 e. The lowest BCUT2D eigenvalue weighted by atomic mass is 9.96. The number of esters is 2. The van der Waals surface area contributed by atoms with E-state index in [0.717, 1.165) is 0 Å². The molecule has 12 nitrogen and oxygen atoms in total. The zero-order chi connectivity index (χ0) is 35.8. The Morgan fingerprint density at radius 1 is 0.646 bits per heavy atom. The van der Waals surface area contributed by atoms with Crippen LogP contribution in [0.25, 0.3) is 6.08 Å². The third-order valence-electron chi connectivity index (χ3n) is 6.82. The fourth-order valence-electron chi connectivity index (χ4n) is 4.13. The van der Waals surface area contributed by atoms with Crippen molar-refractivity contribution in [3.8, 4) is 0 Å². The molecule has 0 bridgehead atoms. The molecule has 0 saturated carbocycles. The number of carbonyl (C=O) groups is 6. The standard InChI is InChI=1S/C36H38N2O10/c1-35(2,3)33(45)47-19-22-16-17-24(32(43)44)28(26(22)20-48-34(46)36(4,5)6)38-30(40)25(18-21-12-8-7-9-13-21)29(39)37-27-15-11-10-14-23(27)31(41)42/h7-18H,19-20H2,1-6H3,(H,37,39)(H,38,40)(H,41,42)(H,43,44). The first kappa shape index (κ1) is 36.7. The fraction of sp³-hybridized carbons (Fsp3) is 0.278. The maximum absolute atomic E-state index is 14.0. The van der Waals surface area contributed by atoms with Crippen LogP contribution in [0.1, 0.15) is 78.9 Å². The highest BCUT2D eigenvalue weighted by atomic mass is 16.5. The van der Waals surface area contributed by atoms with Crippen molar-refractivity contribution in [2.75, 3.05) is 10.6 Å². The molecular formula is C36H38N2O10. The molecule has 2 amide bonds. The lowest BCUT2D eigenvalue weighted by Gasteiger charge is -2.22.